The smallest absolute Gasteiger partial charge is 0.339 e. The Morgan fingerprint density at radius 1 is 1.24 bits per heavy atom. The van der Waals surface area contributed by atoms with Gasteiger partial charge in [0.15, 0.2) is 0 Å². The third-order valence-electron chi connectivity index (χ3n) is 3.04. The topological polar surface area (TPSA) is 39.2 Å². The molecule has 1 fully saturated rings. The van der Waals surface area contributed by atoms with Gasteiger partial charge in [0, 0.05) is 6.20 Å². The number of halogens is 1. The van der Waals surface area contributed by atoms with Crippen molar-refractivity contribution in [2.75, 3.05) is 0 Å². The molecule has 0 aliphatic heterocycles. The van der Waals surface area contributed by atoms with Crippen LogP contribution >= 0.6 is 11.6 Å². The number of rotatable bonds is 2. The van der Waals surface area contributed by atoms with E-state index in [2.05, 4.69) is 4.98 Å². The van der Waals surface area contributed by atoms with Gasteiger partial charge in [-0.1, -0.05) is 24.4 Å². The van der Waals surface area contributed by atoms with Crippen LogP contribution in [0.3, 0.4) is 0 Å². The summed E-state index contributed by atoms with van der Waals surface area (Å²) in [5.41, 5.74) is 0.471. The number of pyridine rings is 1. The predicted molar refractivity (Wildman–Crippen MR) is 66.2 cm³/mol. The molecule has 4 heteroatoms. The van der Waals surface area contributed by atoms with Gasteiger partial charge in [0.05, 0.1) is 5.56 Å². The largest absolute Gasteiger partial charge is 0.459 e. The minimum Gasteiger partial charge on any atom is -0.459 e. The molecule has 0 aromatic carbocycles. The van der Waals surface area contributed by atoms with E-state index < -0.39 is 0 Å². The number of hydrogen-bond donors (Lipinski definition) is 0. The lowest BCUT2D eigenvalue weighted by Gasteiger charge is -2.15. The van der Waals surface area contributed by atoms with Crippen LogP contribution in [0.1, 0.15) is 48.9 Å². The molecule has 3 nitrogen and oxygen atoms in total. The molecular weight excluding hydrogens is 238 g/mol. The van der Waals surface area contributed by atoms with E-state index in [-0.39, 0.29) is 12.1 Å². The molecule has 1 aromatic heterocycles. The van der Waals surface area contributed by atoms with Gasteiger partial charge in [-0.3, -0.25) is 0 Å². The number of carbonyl (C=O) groups is 1. The summed E-state index contributed by atoms with van der Waals surface area (Å²) in [7, 11) is 0. The quantitative estimate of drug-likeness (QED) is 0.459. The van der Waals surface area contributed by atoms with Crippen LogP contribution in [0.15, 0.2) is 18.3 Å². The third-order valence-corrected chi connectivity index (χ3v) is 3.26. The zero-order valence-corrected chi connectivity index (χ0v) is 10.4. The Morgan fingerprint density at radius 2 is 1.94 bits per heavy atom. The van der Waals surface area contributed by atoms with Crippen LogP contribution in [0.2, 0.25) is 5.15 Å². The van der Waals surface area contributed by atoms with Gasteiger partial charge in [0.1, 0.15) is 11.3 Å². The molecule has 0 N–H and O–H groups in total. The van der Waals surface area contributed by atoms with Crippen molar-refractivity contribution in [1.82, 2.24) is 4.98 Å². The summed E-state index contributed by atoms with van der Waals surface area (Å²) in [6.45, 7) is 0. The van der Waals surface area contributed by atoms with E-state index in [1.165, 1.54) is 19.0 Å². The number of aromatic nitrogens is 1. The standard InChI is InChI=1S/C13H16ClNO2/c14-12-8-7-10(9-15-12)13(16)17-11-5-3-1-2-4-6-11/h7-9,11H,1-6H2. The van der Waals surface area contributed by atoms with Crippen LogP contribution < -0.4 is 0 Å². The molecule has 0 saturated heterocycles. The Balaban J connectivity index is 1.93. The average molecular weight is 254 g/mol. The molecule has 0 spiro atoms. The molecule has 0 bridgehead atoms. The normalized spacial score (nSPS) is 17.5. The van der Waals surface area contributed by atoms with E-state index in [0.29, 0.717) is 10.7 Å². The number of esters is 1. The van der Waals surface area contributed by atoms with E-state index in [0.717, 1.165) is 25.7 Å². The second-order valence-electron chi connectivity index (χ2n) is 4.39. The molecule has 0 radical (unpaired) electrons. The molecular formula is C13H16ClNO2. The fourth-order valence-corrected chi connectivity index (χ4v) is 2.19. The fraction of sp³-hybridized carbons (Fsp3) is 0.538. The molecule has 1 aliphatic carbocycles. The lowest BCUT2D eigenvalue weighted by Crippen LogP contribution is -2.17. The first-order valence-corrected chi connectivity index (χ1v) is 6.46. The molecule has 0 amide bonds. The minimum absolute atomic E-state index is 0.0701. The fourth-order valence-electron chi connectivity index (χ4n) is 2.08. The lowest BCUT2D eigenvalue weighted by molar-refractivity contribution is 0.0267. The highest BCUT2D eigenvalue weighted by molar-refractivity contribution is 6.29. The van der Waals surface area contributed by atoms with E-state index >= 15 is 0 Å². The molecule has 2 rings (SSSR count). The zero-order valence-electron chi connectivity index (χ0n) is 9.69. The summed E-state index contributed by atoms with van der Waals surface area (Å²) in [4.78, 5) is 15.7. The van der Waals surface area contributed by atoms with Crippen molar-refractivity contribution in [2.45, 2.75) is 44.6 Å². The monoisotopic (exact) mass is 253 g/mol. The molecule has 1 heterocycles. The van der Waals surface area contributed by atoms with Gasteiger partial charge in [-0.05, 0) is 37.8 Å². The van der Waals surface area contributed by atoms with Crippen molar-refractivity contribution in [3.8, 4) is 0 Å². The number of nitrogens with zero attached hydrogens (tertiary/aromatic N) is 1. The van der Waals surface area contributed by atoms with Crippen LogP contribution in [-0.4, -0.2) is 17.1 Å². The summed E-state index contributed by atoms with van der Waals surface area (Å²) in [6, 6.07) is 3.25. The summed E-state index contributed by atoms with van der Waals surface area (Å²) in [5.74, 6) is -0.291. The Labute approximate surface area is 106 Å². The molecule has 1 saturated carbocycles. The van der Waals surface area contributed by atoms with Crippen LogP contribution in [-0.2, 0) is 4.74 Å². The highest BCUT2D eigenvalue weighted by Crippen LogP contribution is 2.21. The Hall–Kier alpha value is -1.09. The van der Waals surface area contributed by atoms with Gasteiger partial charge in [-0.2, -0.15) is 0 Å². The molecule has 0 atom stereocenters. The van der Waals surface area contributed by atoms with Crippen molar-refractivity contribution in [3.63, 3.8) is 0 Å². The Bertz CT molecular complexity index is 370. The molecule has 92 valence electrons. The van der Waals surface area contributed by atoms with Crippen molar-refractivity contribution < 1.29 is 9.53 Å². The first-order chi connectivity index (χ1) is 8.25. The predicted octanol–water partition coefficient (Wildman–Crippen LogP) is 3.61. The van der Waals surface area contributed by atoms with E-state index in [1.54, 1.807) is 12.1 Å². The first-order valence-electron chi connectivity index (χ1n) is 6.08. The van der Waals surface area contributed by atoms with Crippen molar-refractivity contribution in [1.29, 1.82) is 0 Å². The first kappa shape index (κ1) is 12.4. The van der Waals surface area contributed by atoms with Crippen molar-refractivity contribution in [2.24, 2.45) is 0 Å². The van der Waals surface area contributed by atoms with Gasteiger partial charge in [0.2, 0.25) is 0 Å². The van der Waals surface area contributed by atoms with Crippen molar-refractivity contribution >= 4 is 17.6 Å². The van der Waals surface area contributed by atoms with Crippen LogP contribution in [0.4, 0.5) is 0 Å². The molecule has 1 aliphatic rings. The van der Waals surface area contributed by atoms with E-state index in [9.17, 15) is 4.79 Å². The number of ether oxygens (including phenoxy) is 1. The van der Waals surface area contributed by atoms with Crippen molar-refractivity contribution in [3.05, 3.63) is 29.0 Å². The van der Waals surface area contributed by atoms with Crippen LogP contribution in [0.25, 0.3) is 0 Å². The molecule has 17 heavy (non-hydrogen) atoms. The van der Waals surface area contributed by atoms with Gasteiger partial charge in [-0.15, -0.1) is 0 Å². The maximum Gasteiger partial charge on any atom is 0.339 e. The van der Waals surface area contributed by atoms with Crippen LogP contribution in [0.5, 0.6) is 0 Å². The highest BCUT2D eigenvalue weighted by atomic mass is 35.5. The SMILES string of the molecule is O=C(OC1CCCCCC1)c1ccc(Cl)nc1. The zero-order chi connectivity index (χ0) is 12.1. The molecule has 1 aromatic rings. The van der Waals surface area contributed by atoms with Gasteiger partial charge in [-0.25, -0.2) is 9.78 Å². The lowest BCUT2D eigenvalue weighted by atomic mass is 10.1. The summed E-state index contributed by atoms with van der Waals surface area (Å²) < 4.78 is 5.48. The summed E-state index contributed by atoms with van der Waals surface area (Å²) in [5, 5.41) is 0.385. The Kier molecular flexibility index (Phi) is 4.37. The maximum absolute atomic E-state index is 11.8. The highest BCUT2D eigenvalue weighted by Gasteiger charge is 2.17. The van der Waals surface area contributed by atoms with Gasteiger partial charge < -0.3 is 4.74 Å². The van der Waals surface area contributed by atoms with Gasteiger partial charge >= 0.3 is 5.97 Å². The maximum atomic E-state index is 11.8. The van der Waals surface area contributed by atoms with Gasteiger partial charge in [0.25, 0.3) is 0 Å². The Morgan fingerprint density at radius 3 is 2.53 bits per heavy atom. The average Bonchev–Trinajstić information content (AvgIpc) is 2.58. The van der Waals surface area contributed by atoms with E-state index in [1.807, 2.05) is 0 Å². The van der Waals surface area contributed by atoms with Crippen LogP contribution in [0, 0.1) is 0 Å². The summed E-state index contributed by atoms with van der Waals surface area (Å²) in [6.07, 6.45) is 8.28. The summed E-state index contributed by atoms with van der Waals surface area (Å²) >= 11 is 5.67. The third kappa shape index (κ3) is 3.70. The second-order valence-corrected chi connectivity index (χ2v) is 4.78. The molecule has 0 unspecified atom stereocenters. The number of carbonyl (C=O) groups excluding carboxylic acids is 1. The second kappa shape index (κ2) is 6.01. The number of hydrogen-bond acceptors (Lipinski definition) is 3. The minimum atomic E-state index is -0.291. The van der Waals surface area contributed by atoms with E-state index in [4.69, 9.17) is 16.3 Å².